The van der Waals surface area contributed by atoms with Gasteiger partial charge < -0.3 is 19.1 Å². The molecule has 0 unspecified atom stereocenters. The van der Waals surface area contributed by atoms with E-state index in [1.54, 1.807) is 21.3 Å². The Morgan fingerprint density at radius 2 is 1.44 bits per heavy atom. The molecule has 0 bridgehead atoms. The highest BCUT2D eigenvalue weighted by atomic mass is 16.5. The van der Waals surface area contributed by atoms with E-state index in [0.29, 0.717) is 11.5 Å². The molecule has 0 aromatic heterocycles. The zero-order valence-corrected chi connectivity index (χ0v) is 10.5. The van der Waals surface area contributed by atoms with Crippen molar-refractivity contribution in [3.8, 4) is 17.2 Å². The van der Waals surface area contributed by atoms with E-state index in [-0.39, 0.29) is 0 Å². The van der Waals surface area contributed by atoms with Crippen molar-refractivity contribution in [2.45, 2.75) is 6.92 Å². The lowest BCUT2D eigenvalue weighted by Crippen LogP contribution is -2.16. The molecule has 4 heteroatoms. The van der Waals surface area contributed by atoms with Crippen molar-refractivity contribution in [1.29, 1.82) is 0 Å². The van der Waals surface area contributed by atoms with Crippen LogP contribution in [0.1, 0.15) is 6.92 Å². The highest BCUT2D eigenvalue weighted by Gasteiger charge is 2.13. The second kappa shape index (κ2) is 5.49. The second-order valence-corrected chi connectivity index (χ2v) is 3.39. The van der Waals surface area contributed by atoms with Gasteiger partial charge in [-0.3, -0.25) is 0 Å². The van der Waals surface area contributed by atoms with E-state index in [1.165, 1.54) is 0 Å². The minimum absolute atomic E-state index is 0.674. The van der Waals surface area contributed by atoms with Crippen LogP contribution < -0.4 is 19.1 Å². The lowest BCUT2D eigenvalue weighted by molar-refractivity contribution is 0.349. The molecule has 0 saturated carbocycles. The van der Waals surface area contributed by atoms with E-state index >= 15 is 0 Å². The first kappa shape index (κ1) is 12.5. The SMILES string of the molecule is CCN(C)c1cc(OC)c(OC)cc1OC. The Hall–Kier alpha value is -1.58. The quantitative estimate of drug-likeness (QED) is 0.768. The summed E-state index contributed by atoms with van der Waals surface area (Å²) in [6.45, 7) is 2.97. The number of benzene rings is 1. The summed E-state index contributed by atoms with van der Waals surface area (Å²) in [7, 11) is 6.89. The van der Waals surface area contributed by atoms with Gasteiger partial charge in [0.2, 0.25) is 0 Å². The standard InChI is InChI=1S/C12H19NO3/c1-6-13(2)9-7-11(15-4)12(16-5)8-10(9)14-3/h7-8H,6H2,1-5H3. The van der Waals surface area contributed by atoms with Crippen molar-refractivity contribution in [1.82, 2.24) is 0 Å². The van der Waals surface area contributed by atoms with Crippen LogP contribution in [0, 0.1) is 0 Å². The number of nitrogens with zero attached hydrogens (tertiary/aromatic N) is 1. The molecule has 1 aromatic rings. The molecule has 0 aliphatic carbocycles. The summed E-state index contributed by atoms with van der Waals surface area (Å²) in [5, 5.41) is 0. The molecule has 4 nitrogen and oxygen atoms in total. The maximum Gasteiger partial charge on any atom is 0.164 e. The minimum atomic E-state index is 0.674. The topological polar surface area (TPSA) is 30.9 Å². The number of rotatable bonds is 5. The van der Waals surface area contributed by atoms with Gasteiger partial charge in [-0.25, -0.2) is 0 Å². The van der Waals surface area contributed by atoms with Crippen LogP contribution >= 0.6 is 0 Å². The Balaban J connectivity index is 3.25. The number of anilines is 1. The van der Waals surface area contributed by atoms with Crippen LogP contribution in [0.25, 0.3) is 0 Å². The summed E-state index contributed by atoms with van der Waals surface area (Å²) in [6, 6.07) is 3.75. The monoisotopic (exact) mass is 225 g/mol. The third kappa shape index (κ3) is 2.32. The summed E-state index contributed by atoms with van der Waals surface area (Å²) in [5.41, 5.74) is 0.989. The summed E-state index contributed by atoms with van der Waals surface area (Å²) >= 11 is 0. The smallest absolute Gasteiger partial charge is 0.164 e. The first-order chi connectivity index (χ1) is 7.67. The molecule has 0 radical (unpaired) electrons. The fraction of sp³-hybridized carbons (Fsp3) is 0.500. The third-order valence-electron chi connectivity index (χ3n) is 2.57. The summed E-state index contributed by atoms with van der Waals surface area (Å²) in [4.78, 5) is 2.08. The van der Waals surface area contributed by atoms with E-state index in [9.17, 15) is 0 Å². The average molecular weight is 225 g/mol. The van der Waals surface area contributed by atoms with E-state index in [2.05, 4.69) is 11.8 Å². The van der Waals surface area contributed by atoms with Crippen molar-refractivity contribution >= 4 is 5.69 Å². The first-order valence-electron chi connectivity index (χ1n) is 5.19. The summed E-state index contributed by atoms with van der Waals surface area (Å²) in [6.07, 6.45) is 0. The summed E-state index contributed by atoms with van der Waals surface area (Å²) < 4.78 is 15.8. The van der Waals surface area contributed by atoms with E-state index in [1.807, 2.05) is 19.2 Å². The molecule has 0 spiro atoms. The zero-order valence-electron chi connectivity index (χ0n) is 10.5. The number of methoxy groups -OCH3 is 3. The Bertz CT molecular complexity index is 352. The van der Waals surface area contributed by atoms with Gasteiger partial charge >= 0.3 is 0 Å². The van der Waals surface area contributed by atoms with Gasteiger partial charge in [0.05, 0.1) is 27.0 Å². The van der Waals surface area contributed by atoms with Gasteiger partial charge in [0.15, 0.2) is 11.5 Å². The number of hydrogen-bond donors (Lipinski definition) is 0. The van der Waals surface area contributed by atoms with Gasteiger partial charge in [0.1, 0.15) is 5.75 Å². The molecular weight excluding hydrogens is 206 g/mol. The van der Waals surface area contributed by atoms with Crippen molar-refractivity contribution in [2.75, 3.05) is 39.8 Å². The van der Waals surface area contributed by atoms with E-state index < -0.39 is 0 Å². The Kier molecular flexibility index (Phi) is 4.28. The highest BCUT2D eigenvalue weighted by molar-refractivity contribution is 5.65. The van der Waals surface area contributed by atoms with Gasteiger partial charge in [-0.15, -0.1) is 0 Å². The largest absolute Gasteiger partial charge is 0.494 e. The van der Waals surface area contributed by atoms with E-state index in [4.69, 9.17) is 14.2 Å². The maximum absolute atomic E-state index is 5.33. The van der Waals surface area contributed by atoms with Crippen molar-refractivity contribution < 1.29 is 14.2 Å². The minimum Gasteiger partial charge on any atom is -0.494 e. The lowest BCUT2D eigenvalue weighted by Gasteiger charge is -2.21. The molecule has 0 fully saturated rings. The maximum atomic E-state index is 5.33. The van der Waals surface area contributed by atoms with Crippen molar-refractivity contribution in [3.05, 3.63) is 12.1 Å². The third-order valence-corrected chi connectivity index (χ3v) is 2.57. The van der Waals surface area contributed by atoms with Crippen LogP contribution in [0.15, 0.2) is 12.1 Å². The average Bonchev–Trinajstić information content (AvgIpc) is 2.35. The Morgan fingerprint density at radius 3 is 1.88 bits per heavy atom. The molecule has 90 valence electrons. The van der Waals surface area contributed by atoms with Crippen LogP contribution in [0.4, 0.5) is 5.69 Å². The molecule has 0 aliphatic heterocycles. The van der Waals surface area contributed by atoms with Crippen molar-refractivity contribution in [3.63, 3.8) is 0 Å². The van der Waals surface area contributed by atoms with Crippen LogP contribution in [0.2, 0.25) is 0 Å². The normalized spacial score (nSPS) is 9.81. The van der Waals surface area contributed by atoms with Crippen LogP contribution in [-0.4, -0.2) is 34.9 Å². The Morgan fingerprint density at radius 1 is 0.938 bits per heavy atom. The second-order valence-electron chi connectivity index (χ2n) is 3.39. The molecule has 1 aromatic carbocycles. The molecule has 16 heavy (non-hydrogen) atoms. The predicted octanol–water partition coefficient (Wildman–Crippen LogP) is 2.17. The number of hydrogen-bond acceptors (Lipinski definition) is 4. The highest BCUT2D eigenvalue weighted by Crippen LogP contribution is 2.39. The molecule has 0 N–H and O–H groups in total. The molecule has 1 rings (SSSR count). The molecule has 0 amide bonds. The molecule has 0 heterocycles. The van der Waals surface area contributed by atoms with Gasteiger partial charge in [-0.2, -0.15) is 0 Å². The van der Waals surface area contributed by atoms with Gasteiger partial charge in [-0.05, 0) is 6.92 Å². The van der Waals surface area contributed by atoms with Crippen molar-refractivity contribution in [2.24, 2.45) is 0 Å². The predicted molar refractivity (Wildman–Crippen MR) is 65.0 cm³/mol. The lowest BCUT2D eigenvalue weighted by atomic mass is 10.2. The van der Waals surface area contributed by atoms with Gasteiger partial charge in [-0.1, -0.05) is 0 Å². The summed E-state index contributed by atoms with van der Waals surface area (Å²) in [5.74, 6) is 2.16. The first-order valence-corrected chi connectivity index (χ1v) is 5.19. The fourth-order valence-corrected chi connectivity index (χ4v) is 1.48. The molecule has 0 saturated heterocycles. The van der Waals surface area contributed by atoms with E-state index in [0.717, 1.165) is 18.0 Å². The molecule has 0 atom stereocenters. The van der Waals surface area contributed by atoms with Gasteiger partial charge in [0.25, 0.3) is 0 Å². The molecule has 0 aliphatic rings. The number of ether oxygens (including phenoxy) is 3. The van der Waals surface area contributed by atoms with Gasteiger partial charge in [0, 0.05) is 25.7 Å². The molecular formula is C12H19NO3. The van der Waals surface area contributed by atoms with Crippen LogP contribution in [0.3, 0.4) is 0 Å². The Labute approximate surface area is 96.7 Å². The van der Waals surface area contributed by atoms with Crippen LogP contribution in [-0.2, 0) is 0 Å². The zero-order chi connectivity index (χ0) is 12.1. The fourth-order valence-electron chi connectivity index (χ4n) is 1.48. The van der Waals surface area contributed by atoms with Crippen LogP contribution in [0.5, 0.6) is 17.2 Å².